The third-order valence-corrected chi connectivity index (χ3v) is 5.10. The number of amides is 2. The Hall–Kier alpha value is -2.34. The Bertz CT molecular complexity index is 761. The molecule has 132 valence electrons. The van der Waals surface area contributed by atoms with Gasteiger partial charge in [-0.15, -0.1) is 0 Å². The van der Waals surface area contributed by atoms with Gasteiger partial charge in [0.1, 0.15) is 0 Å². The summed E-state index contributed by atoms with van der Waals surface area (Å²) in [4.78, 5) is 36.5. The Morgan fingerprint density at radius 1 is 1.20 bits per heavy atom. The molecule has 0 unspecified atom stereocenters. The fraction of sp³-hybridized carbons (Fsp3) is 0.389. The number of anilines is 1. The van der Waals surface area contributed by atoms with Crippen molar-refractivity contribution in [2.45, 2.75) is 13.3 Å². The van der Waals surface area contributed by atoms with Crippen LogP contribution in [0.4, 0.5) is 5.69 Å². The first-order valence-corrected chi connectivity index (χ1v) is 8.60. The quantitative estimate of drug-likeness (QED) is 0.701. The predicted octanol–water partition coefficient (Wildman–Crippen LogP) is 2.55. The van der Waals surface area contributed by atoms with Crippen molar-refractivity contribution < 1.29 is 19.5 Å². The van der Waals surface area contributed by atoms with Gasteiger partial charge in [0.25, 0.3) is 5.91 Å². The van der Waals surface area contributed by atoms with Gasteiger partial charge in [0.2, 0.25) is 5.91 Å². The zero-order chi connectivity index (χ0) is 18.1. The van der Waals surface area contributed by atoms with Crippen LogP contribution in [0.5, 0.6) is 0 Å². The highest BCUT2D eigenvalue weighted by Gasteiger charge is 2.51. The minimum absolute atomic E-state index is 0.0850. The fourth-order valence-electron chi connectivity index (χ4n) is 3.81. The highest BCUT2D eigenvalue weighted by Crippen LogP contribution is 2.48. The number of carbonyl (C=O) groups is 3. The molecule has 25 heavy (non-hydrogen) atoms. The molecule has 1 aromatic carbocycles. The maximum atomic E-state index is 12.8. The van der Waals surface area contributed by atoms with Gasteiger partial charge in [0, 0.05) is 11.6 Å². The van der Waals surface area contributed by atoms with Crippen molar-refractivity contribution in [3.8, 4) is 0 Å². The Morgan fingerprint density at radius 2 is 1.88 bits per heavy atom. The topological polar surface area (TPSA) is 95.5 Å². The van der Waals surface area contributed by atoms with E-state index in [4.69, 9.17) is 11.6 Å². The molecule has 0 radical (unpaired) electrons. The van der Waals surface area contributed by atoms with Crippen LogP contribution in [0.15, 0.2) is 30.4 Å². The SMILES string of the molecule is CCNC(=O)c1ccc(Cl)cc1NC(=O)[C@@H]1[C@@H](C(=O)O)[C@H]2C=C[C@H]1C2. The molecule has 0 aliphatic heterocycles. The van der Waals surface area contributed by atoms with Crippen LogP contribution < -0.4 is 10.6 Å². The summed E-state index contributed by atoms with van der Waals surface area (Å²) in [5.41, 5.74) is 0.588. The lowest BCUT2D eigenvalue weighted by atomic mass is 9.82. The number of carboxylic acids is 1. The average Bonchev–Trinajstić information content (AvgIpc) is 3.16. The van der Waals surface area contributed by atoms with Gasteiger partial charge in [0.05, 0.1) is 23.1 Å². The molecule has 0 aromatic heterocycles. The molecule has 3 N–H and O–H groups in total. The van der Waals surface area contributed by atoms with Crippen LogP contribution in [-0.2, 0) is 9.59 Å². The second kappa shape index (κ2) is 6.88. The summed E-state index contributed by atoms with van der Waals surface area (Å²) in [6.45, 7) is 2.25. The van der Waals surface area contributed by atoms with E-state index in [9.17, 15) is 19.5 Å². The van der Waals surface area contributed by atoms with Gasteiger partial charge in [-0.05, 0) is 43.4 Å². The molecule has 2 aliphatic carbocycles. The summed E-state index contributed by atoms with van der Waals surface area (Å²) in [5, 5.41) is 15.3. The van der Waals surface area contributed by atoms with Crippen molar-refractivity contribution >= 4 is 35.1 Å². The standard InChI is InChI=1S/C18H19ClN2O4/c1-2-20-16(22)12-6-5-11(19)8-13(12)21-17(23)14-9-3-4-10(7-9)15(14)18(24)25/h3-6,8-10,14-15H,2,7H2,1H3,(H,20,22)(H,21,23)(H,24,25)/t9-,10-,14-,15-/m0/s1. The second-order valence-corrected chi connectivity index (χ2v) is 6.81. The van der Waals surface area contributed by atoms with E-state index in [1.807, 2.05) is 12.2 Å². The number of carboxylic acid groups (broad SMARTS) is 1. The van der Waals surface area contributed by atoms with Crippen molar-refractivity contribution in [2.24, 2.45) is 23.7 Å². The third-order valence-electron chi connectivity index (χ3n) is 4.87. The van der Waals surface area contributed by atoms with E-state index in [0.717, 1.165) is 0 Å². The monoisotopic (exact) mass is 362 g/mol. The predicted molar refractivity (Wildman–Crippen MR) is 93.4 cm³/mol. The van der Waals surface area contributed by atoms with Crippen LogP contribution in [0.3, 0.4) is 0 Å². The number of benzene rings is 1. The molecule has 7 heteroatoms. The van der Waals surface area contributed by atoms with Crippen molar-refractivity contribution in [2.75, 3.05) is 11.9 Å². The summed E-state index contributed by atoms with van der Waals surface area (Å²) < 4.78 is 0. The average molecular weight is 363 g/mol. The zero-order valence-corrected chi connectivity index (χ0v) is 14.4. The van der Waals surface area contributed by atoms with E-state index in [1.165, 1.54) is 6.07 Å². The molecule has 1 saturated carbocycles. The van der Waals surface area contributed by atoms with Gasteiger partial charge in [-0.1, -0.05) is 23.8 Å². The summed E-state index contributed by atoms with van der Waals surface area (Å²) in [6, 6.07) is 4.61. The number of halogens is 1. The number of nitrogens with one attached hydrogen (secondary N) is 2. The molecule has 3 rings (SSSR count). The molecule has 0 saturated heterocycles. The van der Waals surface area contributed by atoms with E-state index < -0.39 is 23.7 Å². The Balaban J connectivity index is 1.86. The van der Waals surface area contributed by atoms with Gasteiger partial charge in [-0.2, -0.15) is 0 Å². The highest BCUT2D eigenvalue weighted by molar-refractivity contribution is 6.31. The van der Waals surface area contributed by atoms with Crippen molar-refractivity contribution in [1.82, 2.24) is 5.32 Å². The molecule has 0 spiro atoms. The Morgan fingerprint density at radius 3 is 2.52 bits per heavy atom. The van der Waals surface area contributed by atoms with E-state index in [2.05, 4.69) is 10.6 Å². The minimum Gasteiger partial charge on any atom is -0.481 e. The molecule has 0 heterocycles. The molecule has 2 amide bonds. The van der Waals surface area contributed by atoms with Crippen LogP contribution in [0, 0.1) is 23.7 Å². The summed E-state index contributed by atoms with van der Waals surface area (Å²) in [6.07, 6.45) is 4.47. The van der Waals surface area contributed by atoms with Gasteiger partial charge in [0.15, 0.2) is 0 Å². The first kappa shape index (κ1) is 17.5. The number of hydrogen-bond acceptors (Lipinski definition) is 3. The molecule has 2 aliphatic rings. The van der Waals surface area contributed by atoms with Crippen molar-refractivity contribution in [3.63, 3.8) is 0 Å². The fourth-order valence-corrected chi connectivity index (χ4v) is 3.98. The van der Waals surface area contributed by atoms with Crippen molar-refractivity contribution in [3.05, 3.63) is 40.9 Å². The number of fused-ring (bicyclic) bond motifs is 2. The Labute approximate surface area is 150 Å². The highest BCUT2D eigenvalue weighted by atomic mass is 35.5. The third kappa shape index (κ3) is 3.26. The molecule has 2 bridgehead atoms. The first-order chi connectivity index (χ1) is 11.9. The van der Waals surface area contributed by atoms with E-state index in [-0.39, 0.29) is 17.7 Å². The van der Waals surface area contributed by atoms with Gasteiger partial charge in [-0.3, -0.25) is 14.4 Å². The number of carbonyl (C=O) groups excluding carboxylic acids is 2. The number of hydrogen-bond donors (Lipinski definition) is 3. The van der Waals surface area contributed by atoms with Crippen LogP contribution in [0.2, 0.25) is 5.02 Å². The smallest absolute Gasteiger partial charge is 0.307 e. The molecule has 6 nitrogen and oxygen atoms in total. The van der Waals surface area contributed by atoms with Crippen LogP contribution in [0.25, 0.3) is 0 Å². The number of allylic oxidation sites excluding steroid dienone is 2. The molecule has 1 fully saturated rings. The minimum atomic E-state index is -0.966. The molecule has 1 aromatic rings. The van der Waals surface area contributed by atoms with Crippen molar-refractivity contribution in [1.29, 1.82) is 0 Å². The first-order valence-electron chi connectivity index (χ1n) is 8.22. The van der Waals surface area contributed by atoms with E-state index in [0.29, 0.717) is 29.2 Å². The second-order valence-electron chi connectivity index (χ2n) is 6.38. The Kier molecular flexibility index (Phi) is 4.81. The normalized spacial score (nSPS) is 26.5. The lowest BCUT2D eigenvalue weighted by Crippen LogP contribution is -2.37. The van der Waals surface area contributed by atoms with Crippen LogP contribution >= 0.6 is 11.6 Å². The summed E-state index contributed by atoms with van der Waals surface area (Å²) in [5.74, 6) is -3.25. The van der Waals surface area contributed by atoms with Crippen LogP contribution in [0.1, 0.15) is 23.7 Å². The van der Waals surface area contributed by atoms with Gasteiger partial charge < -0.3 is 15.7 Å². The van der Waals surface area contributed by atoms with E-state index in [1.54, 1.807) is 19.1 Å². The number of aliphatic carboxylic acids is 1. The molecule has 4 atom stereocenters. The lowest BCUT2D eigenvalue weighted by molar-refractivity contribution is -0.146. The van der Waals surface area contributed by atoms with Gasteiger partial charge in [-0.25, -0.2) is 0 Å². The largest absolute Gasteiger partial charge is 0.481 e. The molecular formula is C18H19ClN2O4. The zero-order valence-electron chi connectivity index (χ0n) is 13.7. The summed E-state index contributed by atoms with van der Waals surface area (Å²) in [7, 11) is 0. The molecular weight excluding hydrogens is 344 g/mol. The maximum Gasteiger partial charge on any atom is 0.307 e. The van der Waals surface area contributed by atoms with Gasteiger partial charge >= 0.3 is 5.97 Å². The lowest BCUT2D eigenvalue weighted by Gasteiger charge is -2.24. The van der Waals surface area contributed by atoms with Crippen LogP contribution in [-0.4, -0.2) is 29.4 Å². The number of rotatable bonds is 5. The summed E-state index contributed by atoms with van der Waals surface area (Å²) >= 11 is 6.00. The van der Waals surface area contributed by atoms with E-state index >= 15 is 0 Å². The maximum absolute atomic E-state index is 12.8.